The molecule has 15 heavy (non-hydrogen) atoms. The number of hydrogen-bond acceptors (Lipinski definition) is 1. The minimum Gasteiger partial charge on any atom is -0.327 e. The van der Waals surface area contributed by atoms with E-state index in [1.54, 1.807) is 5.56 Å². The van der Waals surface area contributed by atoms with E-state index in [4.69, 9.17) is 5.73 Å². The topological polar surface area (TPSA) is 26.0 Å². The second-order valence-electron chi connectivity index (χ2n) is 4.60. The molecule has 0 heterocycles. The van der Waals surface area contributed by atoms with Crippen LogP contribution in [0.2, 0.25) is 0 Å². The molecule has 1 unspecified atom stereocenters. The highest BCUT2D eigenvalue weighted by atomic mass is 14.6. The first-order valence-electron chi connectivity index (χ1n) is 6.13. The highest BCUT2D eigenvalue weighted by Crippen LogP contribution is 2.25. The van der Waals surface area contributed by atoms with E-state index in [1.165, 1.54) is 23.1 Å². The lowest BCUT2D eigenvalue weighted by atomic mass is 9.85. The van der Waals surface area contributed by atoms with Gasteiger partial charge in [-0.3, -0.25) is 0 Å². The summed E-state index contributed by atoms with van der Waals surface area (Å²) in [6, 6.07) is 5.20. The summed E-state index contributed by atoms with van der Waals surface area (Å²) in [4.78, 5) is 0. The zero-order valence-electron chi connectivity index (χ0n) is 9.84. The Balaban J connectivity index is 2.41. The second-order valence-corrected chi connectivity index (χ2v) is 4.60. The van der Waals surface area contributed by atoms with Crippen LogP contribution in [-0.2, 0) is 25.7 Å². The van der Waals surface area contributed by atoms with Crippen LogP contribution in [0, 0.1) is 0 Å². The van der Waals surface area contributed by atoms with Crippen LogP contribution in [0.5, 0.6) is 0 Å². The van der Waals surface area contributed by atoms with E-state index in [-0.39, 0.29) is 0 Å². The van der Waals surface area contributed by atoms with Crippen molar-refractivity contribution in [2.75, 3.05) is 0 Å². The van der Waals surface area contributed by atoms with Gasteiger partial charge in [-0.25, -0.2) is 0 Å². The van der Waals surface area contributed by atoms with E-state index in [0.717, 1.165) is 25.7 Å². The number of aryl methyl sites for hydroxylation is 3. The van der Waals surface area contributed by atoms with E-state index < -0.39 is 0 Å². The summed E-state index contributed by atoms with van der Waals surface area (Å²) in [5.41, 5.74) is 12.1. The van der Waals surface area contributed by atoms with Crippen molar-refractivity contribution < 1.29 is 0 Å². The molecule has 1 aliphatic rings. The number of benzene rings is 1. The summed E-state index contributed by atoms with van der Waals surface area (Å²) in [6.07, 6.45) is 5.70. The summed E-state index contributed by atoms with van der Waals surface area (Å²) in [5, 5.41) is 0. The van der Waals surface area contributed by atoms with E-state index in [1.807, 2.05) is 0 Å². The molecule has 2 N–H and O–H groups in total. The molecule has 1 atom stereocenters. The molecule has 82 valence electrons. The Morgan fingerprint density at radius 2 is 1.73 bits per heavy atom. The minimum absolute atomic E-state index is 0.384. The molecule has 0 saturated heterocycles. The zero-order valence-corrected chi connectivity index (χ0v) is 9.84. The van der Waals surface area contributed by atoms with Crippen molar-refractivity contribution in [2.24, 2.45) is 5.73 Å². The molecule has 2 rings (SSSR count). The fraction of sp³-hybridized carbons (Fsp3) is 0.571. The van der Waals surface area contributed by atoms with Crippen molar-refractivity contribution in [3.63, 3.8) is 0 Å². The van der Waals surface area contributed by atoms with Gasteiger partial charge in [-0.1, -0.05) is 26.0 Å². The molecule has 0 aliphatic heterocycles. The molecule has 0 amide bonds. The van der Waals surface area contributed by atoms with Crippen molar-refractivity contribution in [1.82, 2.24) is 0 Å². The molecule has 0 spiro atoms. The van der Waals surface area contributed by atoms with Gasteiger partial charge in [0.2, 0.25) is 0 Å². The van der Waals surface area contributed by atoms with Crippen LogP contribution in [0.1, 0.15) is 42.5 Å². The predicted molar refractivity (Wildman–Crippen MR) is 65.2 cm³/mol. The Kier molecular flexibility index (Phi) is 3.11. The second kappa shape index (κ2) is 4.36. The third-order valence-corrected chi connectivity index (χ3v) is 3.55. The normalized spacial score (nSPS) is 20.1. The molecule has 1 heteroatoms. The maximum Gasteiger partial charge on any atom is 0.00825 e. The Bertz CT molecular complexity index is 355. The SMILES string of the molecule is CCc1cc2c(cc1CC)CC(N)CC2. The Morgan fingerprint density at radius 1 is 1.13 bits per heavy atom. The van der Waals surface area contributed by atoms with Gasteiger partial charge in [-0.05, 0) is 54.4 Å². The highest BCUT2D eigenvalue weighted by molar-refractivity contribution is 5.40. The fourth-order valence-corrected chi connectivity index (χ4v) is 2.60. The van der Waals surface area contributed by atoms with Crippen LogP contribution < -0.4 is 5.73 Å². The van der Waals surface area contributed by atoms with Gasteiger partial charge in [-0.15, -0.1) is 0 Å². The molecule has 1 nitrogen and oxygen atoms in total. The van der Waals surface area contributed by atoms with Gasteiger partial charge < -0.3 is 5.73 Å². The summed E-state index contributed by atoms with van der Waals surface area (Å²) < 4.78 is 0. The molecular formula is C14H21N. The molecule has 0 radical (unpaired) electrons. The van der Waals surface area contributed by atoms with Crippen molar-refractivity contribution >= 4 is 0 Å². The van der Waals surface area contributed by atoms with E-state index in [9.17, 15) is 0 Å². The van der Waals surface area contributed by atoms with Gasteiger partial charge in [0.05, 0.1) is 0 Å². The van der Waals surface area contributed by atoms with Gasteiger partial charge in [0.1, 0.15) is 0 Å². The van der Waals surface area contributed by atoms with Crippen LogP contribution in [0.25, 0.3) is 0 Å². The Hall–Kier alpha value is -0.820. The van der Waals surface area contributed by atoms with Crippen LogP contribution in [0.15, 0.2) is 12.1 Å². The smallest absolute Gasteiger partial charge is 0.00825 e. The molecule has 1 aliphatic carbocycles. The highest BCUT2D eigenvalue weighted by Gasteiger charge is 2.16. The number of fused-ring (bicyclic) bond motifs is 1. The average molecular weight is 203 g/mol. The average Bonchev–Trinajstić information content (AvgIpc) is 2.27. The van der Waals surface area contributed by atoms with Crippen LogP contribution in [0.4, 0.5) is 0 Å². The zero-order chi connectivity index (χ0) is 10.8. The third kappa shape index (κ3) is 2.07. The van der Waals surface area contributed by atoms with Crippen molar-refractivity contribution in [2.45, 2.75) is 52.0 Å². The quantitative estimate of drug-likeness (QED) is 0.785. The fourth-order valence-electron chi connectivity index (χ4n) is 2.60. The van der Waals surface area contributed by atoms with Gasteiger partial charge in [-0.2, -0.15) is 0 Å². The van der Waals surface area contributed by atoms with Gasteiger partial charge in [0.15, 0.2) is 0 Å². The minimum atomic E-state index is 0.384. The van der Waals surface area contributed by atoms with Crippen molar-refractivity contribution in [1.29, 1.82) is 0 Å². The molecule has 0 aromatic heterocycles. The maximum absolute atomic E-state index is 6.01. The first-order valence-corrected chi connectivity index (χ1v) is 6.13. The van der Waals surface area contributed by atoms with Gasteiger partial charge >= 0.3 is 0 Å². The van der Waals surface area contributed by atoms with E-state index in [0.29, 0.717) is 6.04 Å². The number of nitrogens with two attached hydrogens (primary N) is 1. The lowest BCUT2D eigenvalue weighted by molar-refractivity contribution is 0.575. The Morgan fingerprint density at radius 3 is 2.33 bits per heavy atom. The molecule has 1 aromatic carbocycles. The van der Waals surface area contributed by atoms with E-state index >= 15 is 0 Å². The van der Waals surface area contributed by atoms with Crippen LogP contribution in [0.3, 0.4) is 0 Å². The summed E-state index contributed by atoms with van der Waals surface area (Å²) in [7, 11) is 0. The standard InChI is InChI=1S/C14H21N/c1-3-10-7-12-5-6-14(15)9-13(12)8-11(10)4-2/h7-8,14H,3-6,9,15H2,1-2H3. The predicted octanol–water partition coefficient (Wildman–Crippen LogP) is 2.63. The maximum atomic E-state index is 6.01. The molecule has 0 bridgehead atoms. The summed E-state index contributed by atoms with van der Waals surface area (Å²) >= 11 is 0. The third-order valence-electron chi connectivity index (χ3n) is 3.55. The largest absolute Gasteiger partial charge is 0.327 e. The molecular weight excluding hydrogens is 182 g/mol. The molecule has 0 fully saturated rings. The van der Waals surface area contributed by atoms with Crippen molar-refractivity contribution in [3.05, 3.63) is 34.4 Å². The lowest BCUT2D eigenvalue weighted by Gasteiger charge is -2.23. The van der Waals surface area contributed by atoms with Gasteiger partial charge in [0, 0.05) is 6.04 Å². The van der Waals surface area contributed by atoms with Crippen molar-refractivity contribution in [3.8, 4) is 0 Å². The molecule has 1 aromatic rings. The number of rotatable bonds is 2. The Labute approximate surface area is 92.7 Å². The van der Waals surface area contributed by atoms with Crippen LogP contribution >= 0.6 is 0 Å². The summed E-state index contributed by atoms with van der Waals surface area (Å²) in [5.74, 6) is 0. The first kappa shape index (κ1) is 10.7. The molecule has 0 saturated carbocycles. The first-order chi connectivity index (χ1) is 7.24. The van der Waals surface area contributed by atoms with Crippen LogP contribution in [-0.4, -0.2) is 6.04 Å². The lowest BCUT2D eigenvalue weighted by Crippen LogP contribution is -2.28. The van der Waals surface area contributed by atoms with E-state index in [2.05, 4.69) is 26.0 Å². The summed E-state index contributed by atoms with van der Waals surface area (Å²) in [6.45, 7) is 4.49. The monoisotopic (exact) mass is 203 g/mol. The van der Waals surface area contributed by atoms with Gasteiger partial charge in [0.25, 0.3) is 0 Å². The number of hydrogen-bond donors (Lipinski definition) is 1.